The summed E-state index contributed by atoms with van der Waals surface area (Å²) >= 11 is 1.62. The highest BCUT2D eigenvalue weighted by atomic mass is 32.1. The highest BCUT2D eigenvalue weighted by Gasteiger charge is 2.54. The average molecular weight is 484 g/mol. The zero-order valence-electron chi connectivity index (χ0n) is 19.8. The molecular weight excluding hydrogens is 450 g/mol. The fourth-order valence-electron chi connectivity index (χ4n) is 5.37. The highest BCUT2D eigenvalue weighted by Crippen LogP contribution is 2.52. The predicted octanol–water partition coefficient (Wildman–Crippen LogP) is 3.63. The Morgan fingerprint density at radius 3 is 2.71 bits per heavy atom. The molecular formula is C26H33N3O4S. The van der Waals surface area contributed by atoms with Crippen molar-refractivity contribution in [3.05, 3.63) is 65.1 Å². The highest BCUT2D eigenvalue weighted by molar-refractivity contribution is 7.16. The van der Waals surface area contributed by atoms with Gasteiger partial charge in [-0.05, 0) is 49.2 Å². The van der Waals surface area contributed by atoms with Crippen LogP contribution in [0.5, 0.6) is 0 Å². The van der Waals surface area contributed by atoms with E-state index < -0.39 is 0 Å². The molecule has 0 saturated carbocycles. The topological polar surface area (TPSA) is 79.9 Å². The first-order valence-corrected chi connectivity index (χ1v) is 12.5. The molecule has 0 bridgehead atoms. The van der Waals surface area contributed by atoms with E-state index in [0.29, 0.717) is 6.61 Å². The molecule has 8 heteroatoms. The van der Waals surface area contributed by atoms with E-state index in [-0.39, 0.29) is 36.0 Å². The Morgan fingerprint density at radius 1 is 1.24 bits per heavy atom. The number of fused-ring (bicyclic) bond motifs is 2. The second kappa shape index (κ2) is 10.8. The van der Waals surface area contributed by atoms with Gasteiger partial charge in [0.2, 0.25) is 11.8 Å². The molecule has 2 heterocycles. The van der Waals surface area contributed by atoms with Gasteiger partial charge in [0.25, 0.3) is 0 Å². The molecule has 1 saturated heterocycles. The number of likely N-dealkylation sites (tertiary alicyclic amines) is 1. The summed E-state index contributed by atoms with van der Waals surface area (Å²) in [6.07, 6.45) is 3.47. The van der Waals surface area contributed by atoms with Crippen molar-refractivity contribution in [1.82, 2.24) is 10.2 Å². The molecule has 2 N–H and O–H groups in total. The number of carbonyl (C=O) groups is 2. The summed E-state index contributed by atoms with van der Waals surface area (Å²) in [4.78, 5) is 27.5. The Morgan fingerprint density at radius 2 is 2.00 bits per heavy atom. The first-order chi connectivity index (χ1) is 16.5. The summed E-state index contributed by atoms with van der Waals surface area (Å²) in [5, 5.41) is 6.91. The van der Waals surface area contributed by atoms with E-state index in [9.17, 15) is 9.59 Å². The van der Waals surface area contributed by atoms with E-state index in [1.54, 1.807) is 17.4 Å². The van der Waals surface area contributed by atoms with Crippen molar-refractivity contribution >= 4 is 28.2 Å². The lowest BCUT2D eigenvalue weighted by molar-refractivity contribution is -0.127. The van der Waals surface area contributed by atoms with Gasteiger partial charge < -0.3 is 20.1 Å². The summed E-state index contributed by atoms with van der Waals surface area (Å²) in [5.41, 5.74) is 2.24. The van der Waals surface area contributed by atoms with E-state index >= 15 is 0 Å². The van der Waals surface area contributed by atoms with Gasteiger partial charge in [0.15, 0.2) is 0 Å². The van der Waals surface area contributed by atoms with E-state index in [1.807, 2.05) is 12.1 Å². The molecule has 1 aliphatic carbocycles. The number of nitrogens with zero attached hydrogens (tertiary/aromatic N) is 1. The first kappa shape index (κ1) is 24.6. The number of hydrogen-bond donors (Lipinski definition) is 2. The lowest BCUT2D eigenvalue weighted by atomic mass is 9.72. The van der Waals surface area contributed by atoms with Gasteiger partial charge in [-0.15, -0.1) is 17.9 Å². The fraction of sp³-hybridized carbons (Fsp3) is 0.462. The van der Waals surface area contributed by atoms with Crippen LogP contribution in [0.4, 0.5) is 5.00 Å². The van der Waals surface area contributed by atoms with Crippen LogP contribution in [0.25, 0.3) is 0 Å². The normalized spacial score (nSPS) is 21.2. The number of amides is 2. The number of hydrogen-bond acceptors (Lipinski definition) is 6. The second-order valence-corrected chi connectivity index (χ2v) is 10.2. The third kappa shape index (κ3) is 5.10. The average Bonchev–Trinajstić information content (AvgIpc) is 3.34. The number of rotatable bonds is 9. The van der Waals surface area contributed by atoms with Gasteiger partial charge in [-0.25, -0.2) is 0 Å². The van der Waals surface area contributed by atoms with Crippen molar-refractivity contribution < 1.29 is 19.1 Å². The Hall–Kier alpha value is -2.52. The second-order valence-electron chi connectivity index (χ2n) is 8.99. The third-order valence-electron chi connectivity index (χ3n) is 6.75. The Labute approximate surface area is 205 Å². The van der Waals surface area contributed by atoms with Crippen LogP contribution in [0.2, 0.25) is 0 Å². The van der Waals surface area contributed by atoms with Gasteiger partial charge in [-0.1, -0.05) is 30.3 Å². The molecule has 2 aliphatic rings. The van der Waals surface area contributed by atoms with Crippen molar-refractivity contribution in [3.8, 4) is 0 Å². The summed E-state index contributed by atoms with van der Waals surface area (Å²) in [6.45, 7) is 8.52. The standard InChI is InChI=1S/C26H33N3O4S/c1-4-15-33-25-24(28-22(31)17-32-3)20-7-5-6-8-21(20)26(25)11-13-29(14-12-26)16-19-9-10-23(34-19)27-18(2)30/h4-10,24-25H,1,11-17H2,2-3H3,(H,27,30)(H,28,31)/t24-,25+/m1/s1. The molecule has 1 aliphatic heterocycles. The van der Waals surface area contributed by atoms with Gasteiger partial charge >= 0.3 is 0 Å². The molecule has 1 aromatic heterocycles. The van der Waals surface area contributed by atoms with Crippen LogP contribution in [-0.4, -0.2) is 56.2 Å². The number of ether oxygens (including phenoxy) is 2. The van der Waals surface area contributed by atoms with Gasteiger partial charge in [-0.3, -0.25) is 14.5 Å². The molecule has 1 fully saturated rings. The van der Waals surface area contributed by atoms with E-state index in [1.165, 1.54) is 24.5 Å². The Bertz CT molecular complexity index is 1030. The quantitative estimate of drug-likeness (QED) is 0.533. The third-order valence-corrected chi connectivity index (χ3v) is 7.74. The van der Waals surface area contributed by atoms with Crippen molar-refractivity contribution in [2.45, 2.75) is 43.9 Å². The van der Waals surface area contributed by atoms with Gasteiger partial charge in [-0.2, -0.15) is 0 Å². The minimum absolute atomic E-state index is 0.0227. The minimum atomic E-state index is -0.220. The van der Waals surface area contributed by atoms with E-state index in [0.717, 1.165) is 43.0 Å². The molecule has 1 aromatic carbocycles. The van der Waals surface area contributed by atoms with Crippen LogP contribution in [0.1, 0.15) is 41.8 Å². The summed E-state index contributed by atoms with van der Waals surface area (Å²) in [6, 6.07) is 12.2. The van der Waals surface area contributed by atoms with Crippen LogP contribution in [0.3, 0.4) is 0 Å². The van der Waals surface area contributed by atoms with Gasteiger partial charge in [0.1, 0.15) is 6.61 Å². The number of thiophene rings is 1. The fourth-order valence-corrected chi connectivity index (χ4v) is 6.37. The van der Waals surface area contributed by atoms with E-state index in [4.69, 9.17) is 9.47 Å². The van der Waals surface area contributed by atoms with Crippen LogP contribution >= 0.6 is 11.3 Å². The van der Waals surface area contributed by atoms with E-state index in [2.05, 4.69) is 46.4 Å². The molecule has 182 valence electrons. The summed E-state index contributed by atoms with van der Waals surface area (Å²) in [5.74, 6) is -0.192. The number of benzene rings is 1. The van der Waals surface area contributed by atoms with Crippen LogP contribution in [0, 0.1) is 0 Å². The largest absolute Gasteiger partial charge is 0.375 e. The Balaban J connectivity index is 1.53. The SMILES string of the molecule is C=CCO[C@H]1[C@H](NC(=O)COC)c2ccccc2C12CCN(Cc1ccc(NC(C)=O)s1)CC2. The maximum atomic E-state index is 12.5. The van der Waals surface area contributed by atoms with Gasteiger partial charge in [0, 0.05) is 30.9 Å². The van der Waals surface area contributed by atoms with Crippen molar-refractivity contribution in [2.24, 2.45) is 0 Å². The molecule has 0 radical (unpaired) electrons. The molecule has 1 spiro atoms. The number of methoxy groups -OCH3 is 1. The van der Waals surface area contributed by atoms with Crippen LogP contribution in [-0.2, 0) is 31.0 Å². The summed E-state index contributed by atoms with van der Waals surface area (Å²) in [7, 11) is 1.53. The van der Waals surface area contributed by atoms with Gasteiger partial charge in [0.05, 0.1) is 23.8 Å². The first-order valence-electron chi connectivity index (χ1n) is 11.7. The molecule has 2 amide bonds. The molecule has 34 heavy (non-hydrogen) atoms. The number of nitrogens with one attached hydrogen (secondary N) is 2. The van der Waals surface area contributed by atoms with Crippen molar-refractivity contribution in [2.75, 3.05) is 38.7 Å². The Kier molecular flexibility index (Phi) is 7.83. The lowest BCUT2D eigenvalue weighted by Crippen LogP contribution is -2.51. The van der Waals surface area contributed by atoms with Crippen molar-refractivity contribution in [1.29, 1.82) is 0 Å². The molecule has 7 nitrogen and oxygen atoms in total. The smallest absolute Gasteiger partial charge is 0.246 e. The number of carbonyl (C=O) groups excluding carboxylic acids is 2. The van der Waals surface area contributed by atoms with Crippen molar-refractivity contribution in [3.63, 3.8) is 0 Å². The van der Waals surface area contributed by atoms with Crippen LogP contribution in [0.15, 0.2) is 49.1 Å². The molecule has 2 atom stereocenters. The predicted molar refractivity (Wildman–Crippen MR) is 134 cm³/mol. The number of piperidine rings is 1. The summed E-state index contributed by atoms with van der Waals surface area (Å²) < 4.78 is 11.4. The zero-order valence-corrected chi connectivity index (χ0v) is 20.7. The number of anilines is 1. The monoisotopic (exact) mass is 483 g/mol. The molecule has 0 unspecified atom stereocenters. The van der Waals surface area contributed by atoms with Crippen LogP contribution < -0.4 is 10.6 Å². The maximum absolute atomic E-state index is 12.5. The molecule has 2 aromatic rings. The minimum Gasteiger partial charge on any atom is -0.375 e. The molecule has 4 rings (SSSR count). The maximum Gasteiger partial charge on any atom is 0.246 e. The lowest BCUT2D eigenvalue weighted by Gasteiger charge is -2.44. The zero-order chi connectivity index (χ0) is 24.1.